The maximum atomic E-state index is 12.8. The lowest BCUT2D eigenvalue weighted by atomic mass is 10.1. The minimum Gasteiger partial charge on any atom is -0.356 e. The minimum absolute atomic E-state index is 0.0794. The summed E-state index contributed by atoms with van der Waals surface area (Å²) >= 11 is 0. The zero-order valence-electron chi connectivity index (χ0n) is 14.0. The number of carbonyl (C=O) groups excluding carboxylic acids is 1. The molecule has 6 heteroatoms. The van der Waals surface area contributed by atoms with Crippen molar-refractivity contribution in [1.29, 1.82) is 0 Å². The summed E-state index contributed by atoms with van der Waals surface area (Å²) in [6.07, 6.45) is 3.76. The Morgan fingerprint density at radius 3 is 2.35 bits per heavy atom. The Labute approximate surface area is 137 Å². The van der Waals surface area contributed by atoms with Crippen molar-refractivity contribution in [2.75, 3.05) is 26.7 Å². The van der Waals surface area contributed by atoms with Crippen LogP contribution in [0.2, 0.25) is 0 Å². The summed E-state index contributed by atoms with van der Waals surface area (Å²) in [5.41, 5.74) is 0.797. The van der Waals surface area contributed by atoms with Gasteiger partial charge in [0, 0.05) is 26.7 Å². The molecule has 0 aliphatic heterocycles. The van der Waals surface area contributed by atoms with Crippen LogP contribution in [0.1, 0.15) is 31.7 Å². The van der Waals surface area contributed by atoms with Crippen molar-refractivity contribution in [3.05, 3.63) is 35.6 Å². The van der Waals surface area contributed by atoms with Gasteiger partial charge in [0.2, 0.25) is 5.91 Å². The molecule has 1 aromatic carbocycles. The van der Waals surface area contributed by atoms with Gasteiger partial charge >= 0.3 is 0 Å². The van der Waals surface area contributed by atoms with Crippen LogP contribution in [-0.2, 0) is 11.2 Å². The average Bonchev–Trinajstić information content (AvgIpc) is 2.55. The van der Waals surface area contributed by atoms with Gasteiger partial charge < -0.3 is 16.0 Å². The first-order valence-electron chi connectivity index (χ1n) is 8.11. The molecule has 0 heterocycles. The molecule has 0 aliphatic rings. The molecule has 3 N–H and O–H groups in total. The Kier molecular flexibility index (Phi) is 9.43. The molecule has 0 aliphatic carbocycles. The monoisotopic (exact) mass is 322 g/mol. The van der Waals surface area contributed by atoms with E-state index in [0.717, 1.165) is 24.5 Å². The fourth-order valence-corrected chi connectivity index (χ4v) is 2.04. The largest absolute Gasteiger partial charge is 0.356 e. The van der Waals surface area contributed by atoms with Crippen molar-refractivity contribution in [2.24, 2.45) is 4.99 Å². The first-order chi connectivity index (χ1) is 11.2. The zero-order chi connectivity index (χ0) is 16.9. The minimum atomic E-state index is -0.295. The zero-order valence-corrected chi connectivity index (χ0v) is 14.0. The van der Waals surface area contributed by atoms with Gasteiger partial charge in [-0.1, -0.05) is 31.9 Å². The van der Waals surface area contributed by atoms with Gasteiger partial charge in [-0.15, -0.1) is 0 Å². The van der Waals surface area contributed by atoms with E-state index in [2.05, 4.69) is 27.9 Å². The third-order valence-corrected chi connectivity index (χ3v) is 3.31. The van der Waals surface area contributed by atoms with Crippen LogP contribution in [0.3, 0.4) is 0 Å². The summed E-state index contributed by atoms with van der Waals surface area (Å²) in [5.74, 6) is 0.370. The van der Waals surface area contributed by atoms with Crippen LogP contribution in [-0.4, -0.2) is 38.5 Å². The number of benzene rings is 1. The van der Waals surface area contributed by atoms with Crippen molar-refractivity contribution >= 4 is 11.9 Å². The molecule has 0 saturated heterocycles. The highest BCUT2D eigenvalue weighted by atomic mass is 19.1. The third-order valence-electron chi connectivity index (χ3n) is 3.31. The van der Waals surface area contributed by atoms with Crippen LogP contribution in [0.5, 0.6) is 0 Å². The smallest absolute Gasteiger partial charge is 0.224 e. The molecule has 23 heavy (non-hydrogen) atoms. The maximum Gasteiger partial charge on any atom is 0.224 e. The van der Waals surface area contributed by atoms with E-state index >= 15 is 0 Å². The number of hydrogen-bond acceptors (Lipinski definition) is 2. The van der Waals surface area contributed by atoms with Crippen molar-refractivity contribution < 1.29 is 9.18 Å². The molecule has 0 spiro atoms. The SMILES string of the molecule is CCCCCNC(=NC)NCCNC(=O)Cc1ccc(F)cc1. The highest BCUT2D eigenvalue weighted by Gasteiger charge is 2.03. The van der Waals surface area contributed by atoms with Gasteiger partial charge in [-0.2, -0.15) is 0 Å². The Hall–Kier alpha value is -2.11. The molecule has 0 bridgehead atoms. The quantitative estimate of drug-likeness (QED) is 0.369. The molecule has 1 aromatic rings. The standard InChI is InChI=1S/C17H27FN4O/c1-3-4-5-10-21-17(19-2)22-12-11-20-16(23)13-14-6-8-15(18)9-7-14/h6-9H,3-5,10-13H2,1-2H3,(H,20,23)(H2,19,21,22). The van der Waals surface area contributed by atoms with Gasteiger partial charge in [-0.25, -0.2) is 4.39 Å². The van der Waals surface area contributed by atoms with Crippen LogP contribution in [0, 0.1) is 5.82 Å². The highest BCUT2D eigenvalue weighted by molar-refractivity contribution is 5.80. The molecule has 0 aromatic heterocycles. The second-order valence-electron chi connectivity index (χ2n) is 5.29. The second kappa shape index (κ2) is 11.5. The summed E-state index contributed by atoms with van der Waals surface area (Å²) in [6, 6.07) is 5.96. The van der Waals surface area contributed by atoms with Crippen LogP contribution >= 0.6 is 0 Å². The van der Waals surface area contributed by atoms with Crippen molar-refractivity contribution in [2.45, 2.75) is 32.6 Å². The lowest BCUT2D eigenvalue weighted by Crippen LogP contribution is -2.42. The summed E-state index contributed by atoms with van der Waals surface area (Å²) < 4.78 is 12.8. The third kappa shape index (κ3) is 8.80. The summed E-state index contributed by atoms with van der Waals surface area (Å²) in [7, 11) is 1.72. The maximum absolute atomic E-state index is 12.8. The molecule has 0 radical (unpaired) electrons. The topological polar surface area (TPSA) is 65.5 Å². The Bertz CT molecular complexity index is 488. The summed E-state index contributed by atoms with van der Waals surface area (Å²) in [6.45, 7) is 4.17. The van der Waals surface area contributed by atoms with E-state index in [-0.39, 0.29) is 18.1 Å². The van der Waals surface area contributed by atoms with E-state index in [1.165, 1.54) is 25.0 Å². The number of amides is 1. The second-order valence-corrected chi connectivity index (χ2v) is 5.29. The molecule has 1 rings (SSSR count). The molecule has 0 fully saturated rings. The van der Waals surface area contributed by atoms with E-state index in [1.54, 1.807) is 19.2 Å². The van der Waals surface area contributed by atoms with E-state index in [1.807, 2.05) is 0 Å². The van der Waals surface area contributed by atoms with Gasteiger partial charge in [0.1, 0.15) is 5.82 Å². The fourth-order valence-electron chi connectivity index (χ4n) is 2.04. The van der Waals surface area contributed by atoms with Gasteiger partial charge in [0.15, 0.2) is 5.96 Å². The molecule has 0 atom stereocenters. The molecular weight excluding hydrogens is 295 g/mol. The first-order valence-corrected chi connectivity index (χ1v) is 8.11. The Morgan fingerprint density at radius 1 is 1.04 bits per heavy atom. The number of unbranched alkanes of at least 4 members (excludes halogenated alkanes) is 2. The van der Waals surface area contributed by atoms with E-state index in [9.17, 15) is 9.18 Å². The van der Waals surface area contributed by atoms with Gasteiger partial charge in [-0.3, -0.25) is 9.79 Å². The number of guanidine groups is 1. The molecular formula is C17H27FN4O. The Morgan fingerprint density at radius 2 is 1.70 bits per heavy atom. The number of halogens is 1. The molecule has 128 valence electrons. The number of aliphatic imine (C=N–C) groups is 1. The number of nitrogens with zero attached hydrogens (tertiary/aromatic N) is 1. The average molecular weight is 322 g/mol. The fraction of sp³-hybridized carbons (Fsp3) is 0.529. The molecule has 5 nitrogen and oxygen atoms in total. The Balaban J connectivity index is 2.15. The predicted octanol–water partition coefficient (Wildman–Crippen LogP) is 1.84. The number of carbonyl (C=O) groups is 1. The normalized spacial score (nSPS) is 11.2. The van der Waals surface area contributed by atoms with Crippen LogP contribution in [0.25, 0.3) is 0 Å². The van der Waals surface area contributed by atoms with E-state index in [4.69, 9.17) is 0 Å². The lowest BCUT2D eigenvalue weighted by Gasteiger charge is -2.12. The molecule has 0 unspecified atom stereocenters. The highest BCUT2D eigenvalue weighted by Crippen LogP contribution is 2.03. The van der Waals surface area contributed by atoms with Gasteiger partial charge in [0.05, 0.1) is 6.42 Å². The number of rotatable bonds is 9. The van der Waals surface area contributed by atoms with E-state index < -0.39 is 0 Å². The van der Waals surface area contributed by atoms with Crippen LogP contribution in [0.4, 0.5) is 4.39 Å². The van der Waals surface area contributed by atoms with Crippen molar-refractivity contribution in [3.8, 4) is 0 Å². The number of nitrogens with one attached hydrogen (secondary N) is 3. The van der Waals surface area contributed by atoms with Gasteiger partial charge in [0.25, 0.3) is 0 Å². The number of hydrogen-bond donors (Lipinski definition) is 3. The molecule has 1 amide bonds. The molecule has 0 saturated carbocycles. The lowest BCUT2D eigenvalue weighted by molar-refractivity contribution is -0.120. The summed E-state index contributed by atoms with van der Waals surface area (Å²) in [5, 5.41) is 9.20. The van der Waals surface area contributed by atoms with Gasteiger partial charge in [-0.05, 0) is 24.1 Å². The van der Waals surface area contributed by atoms with E-state index in [0.29, 0.717) is 13.1 Å². The van der Waals surface area contributed by atoms with Crippen LogP contribution < -0.4 is 16.0 Å². The van der Waals surface area contributed by atoms with Crippen molar-refractivity contribution in [3.63, 3.8) is 0 Å². The first kappa shape index (κ1) is 18.9. The predicted molar refractivity (Wildman–Crippen MR) is 92.0 cm³/mol. The van der Waals surface area contributed by atoms with Crippen LogP contribution in [0.15, 0.2) is 29.3 Å². The van der Waals surface area contributed by atoms with Crippen molar-refractivity contribution in [1.82, 2.24) is 16.0 Å². The summed E-state index contributed by atoms with van der Waals surface area (Å²) in [4.78, 5) is 15.9.